The van der Waals surface area contributed by atoms with Gasteiger partial charge in [-0.2, -0.15) is 0 Å². The first kappa shape index (κ1) is 15.5. The Kier molecular flexibility index (Phi) is 6.68. The second-order valence-electron chi connectivity index (χ2n) is 4.48. The molecule has 102 valence electrons. The quantitative estimate of drug-likeness (QED) is 0.812. The van der Waals surface area contributed by atoms with Crippen LogP contribution in [0, 0.1) is 6.92 Å². The van der Waals surface area contributed by atoms with Gasteiger partial charge in [-0.3, -0.25) is 0 Å². The third-order valence-corrected chi connectivity index (χ3v) is 3.93. The number of hydrogen-bond acceptors (Lipinski definition) is 3. The van der Waals surface area contributed by atoms with E-state index < -0.39 is 0 Å². The highest BCUT2D eigenvalue weighted by Gasteiger charge is 2.08. The van der Waals surface area contributed by atoms with Crippen molar-refractivity contribution >= 4 is 21.6 Å². The highest BCUT2D eigenvalue weighted by Crippen LogP contribution is 2.20. The van der Waals surface area contributed by atoms with Gasteiger partial charge in [0.1, 0.15) is 0 Å². The predicted octanol–water partition coefficient (Wildman–Crippen LogP) is 2.87. The average molecular weight is 315 g/mol. The van der Waals surface area contributed by atoms with Crippen molar-refractivity contribution in [2.45, 2.75) is 26.9 Å². The van der Waals surface area contributed by atoms with Gasteiger partial charge in [0, 0.05) is 23.2 Å². The lowest BCUT2D eigenvalue weighted by atomic mass is 10.2. The minimum absolute atomic E-state index is 0.343. The van der Waals surface area contributed by atoms with Gasteiger partial charge in [-0.25, -0.2) is 0 Å². The molecule has 0 fully saturated rings. The van der Waals surface area contributed by atoms with E-state index in [0.717, 1.165) is 23.2 Å². The fourth-order valence-electron chi connectivity index (χ4n) is 1.78. The van der Waals surface area contributed by atoms with Gasteiger partial charge in [0.2, 0.25) is 0 Å². The van der Waals surface area contributed by atoms with Gasteiger partial charge in [-0.15, -0.1) is 0 Å². The van der Waals surface area contributed by atoms with Crippen LogP contribution < -0.4 is 5.32 Å². The maximum Gasteiger partial charge on any atom is 0.0839 e. The normalized spacial score (nSPS) is 12.8. The lowest BCUT2D eigenvalue weighted by Crippen LogP contribution is -2.35. The van der Waals surface area contributed by atoms with Crippen molar-refractivity contribution in [3.63, 3.8) is 0 Å². The molecule has 18 heavy (non-hydrogen) atoms. The summed E-state index contributed by atoms with van der Waals surface area (Å²) in [7, 11) is 0. The zero-order chi connectivity index (χ0) is 13.5. The summed E-state index contributed by atoms with van der Waals surface area (Å²) >= 11 is 3.51. The number of hydrogen-bond donors (Lipinski definition) is 2. The van der Waals surface area contributed by atoms with Crippen LogP contribution in [0.25, 0.3) is 0 Å². The fraction of sp³-hybridized carbons (Fsp3) is 0.571. The van der Waals surface area contributed by atoms with Crippen molar-refractivity contribution in [1.82, 2.24) is 4.90 Å². The second-order valence-corrected chi connectivity index (χ2v) is 5.34. The molecular formula is C14H23BrN2O. The molecule has 1 aromatic rings. The molecule has 0 radical (unpaired) electrons. The number of aliphatic hydroxyl groups is 1. The number of aliphatic hydroxyl groups excluding tert-OH is 1. The minimum atomic E-state index is -0.343. The van der Waals surface area contributed by atoms with Crippen LogP contribution in [0.4, 0.5) is 5.69 Å². The SMILES string of the molecule is CCN(CC)CC(O)CNc1ccc(C)c(Br)c1. The summed E-state index contributed by atoms with van der Waals surface area (Å²) in [5, 5.41) is 13.2. The van der Waals surface area contributed by atoms with Crippen LogP contribution in [-0.2, 0) is 0 Å². The number of halogens is 1. The number of likely N-dealkylation sites (N-methyl/N-ethyl adjacent to an activating group) is 1. The molecule has 0 saturated carbocycles. The molecule has 0 amide bonds. The highest BCUT2D eigenvalue weighted by atomic mass is 79.9. The van der Waals surface area contributed by atoms with Gasteiger partial charge >= 0.3 is 0 Å². The Morgan fingerprint density at radius 3 is 2.56 bits per heavy atom. The molecule has 0 spiro atoms. The monoisotopic (exact) mass is 314 g/mol. The number of benzene rings is 1. The first-order valence-corrected chi connectivity index (χ1v) is 7.26. The van der Waals surface area contributed by atoms with Crippen LogP contribution >= 0.6 is 15.9 Å². The third kappa shape index (κ3) is 4.96. The van der Waals surface area contributed by atoms with Gasteiger partial charge in [-0.1, -0.05) is 35.8 Å². The largest absolute Gasteiger partial charge is 0.390 e. The van der Waals surface area contributed by atoms with E-state index in [1.165, 1.54) is 5.56 Å². The fourth-order valence-corrected chi connectivity index (χ4v) is 2.16. The van der Waals surface area contributed by atoms with Crippen LogP contribution in [0.2, 0.25) is 0 Å². The predicted molar refractivity (Wildman–Crippen MR) is 81.2 cm³/mol. The summed E-state index contributed by atoms with van der Waals surface area (Å²) in [4.78, 5) is 2.22. The molecule has 0 aromatic heterocycles. The number of rotatable bonds is 7. The van der Waals surface area contributed by atoms with Crippen molar-refractivity contribution in [3.05, 3.63) is 28.2 Å². The molecule has 0 aliphatic heterocycles. The summed E-state index contributed by atoms with van der Waals surface area (Å²) in [6, 6.07) is 6.13. The zero-order valence-electron chi connectivity index (χ0n) is 11.4. The van der Waals surface area contributed by atoms with Crippen molar-refractivity contribution < 1.29 is 5.11 Å². The van der Waals surface area contributed by atoms with E-state index in [0.29, 0.717) is 13.1 Å². The Labute approximate surface area is 118 Å². The Morgan fingerprint density at radius 1 is 1.33 bits per heavy atom. The van der Waals surface area contributed by atoms with E-state index in [9.17, 15) is 5.11 Å². The van der Waals surface area contributed by atoms with E-state index in [-0.39, 0.29) is 6.10 Å². The smallest absolute Gasteiger partial charge is 0.0839 e. The number of aryl methyl sites for hydroxylation is 1. The van der Waals surface area contributed by atoms with Gasteiger partial charge in [0.05, 0.1) is 6.10 Å². The summed E-state index contributed by atoms with van der Waals surface area (Å²) in [5.74, 6) is 0. The molecular weight excluding hydrogens is 292 g/mol. The van der Waals surface area contributed by atoms with E-state index in [2.05, 4.69) is 53.0 Å². The highest BCUT2D eigenvalue weighted by molar-refractivity contribution is 9.10. The first-order valence-electron chi connectivity index (χ1n) is 6.47. The first-order chi connectivity index (χ1) is 8.56. The molecule has 1 aromatic carbocycles. The summed E-state index contributed by atoms with van der Waals surface area (Å²) in [6.07, 6.45) is -0.343. The molecule has 0 heterocycles. The Morgan fingerprint density at radius 2 is 2.00 bits per heavy atom. The summed E-state index contributed by atoms with van der Waals surface area (Å²) in [6.45, 7) is 9.52. The van der Waals surface area contributed by atoms with E-state index in [1.807, 2.05) is 12.1 Å². The molecule has 2 N–H and O–H groups in total. The molecule has 4 heteroatoms. The lowest BCUT2D eigenvalue weighted by molar-refractivity contribution is 0.128. The van der Waals surface area contributed by atoms with Gasteiger partial charge in [0.15, 0.2) is 0 Å². The number of nitrogens with zero attached hydrogens (tertiary/aromatic N) is 1. The van der Waals surface area contributed by atoms with Crippen molar-refractivity contribution in [2.75, 3.05) is 31.5 Å². The number of anilines is 1. The van der Waals surface area contributed by atoms with Crippen molar-refractivity contribution in [2.24, 2.45) is 0 Å². The van der Waals surface area contributed by atoms with E-state index in [4.69, 9.17) is 0 Å². The molecule has 1 unspecified atom stereocenters. The standard InChI is InChI=1S/C14H23BrN2O/c1-4-17(5-2)10-13(18)9-16-12-7-6-11(3)14(15)8-12/h6-8,13,16,18H,4-5,9-10H2,1-3H3. The minimum Gasteiger partial charge on any atom is -0.390 e. The topological polar surface area (TPSA) is 35.5 Å². The third-order valence-electron chi connectivity index (χ3n) is 3.08. The molecule has 0 aliphatic carbocycles. The summed E-state index contributed by atoms with van der Waals surface area (Å²) < 4.78 is 1.09. The van der Waals surface area contributed by atoms with Crippen LogP contribution in [0.5, 0.6) is 0 Å². The Balaban J connectivity index is 2.42. The maximum atomic E-state index is 9.95. The molecule has 0 bridgehead atoms. The molecule has 0 saturated heterocycles. The maximum absolute atomic E-state index is 9.95. The Hall–Kier alpha value is -0.580. The molecule has 1 atom stereocenters. The van der Waals surface area contributed by atoms with Crippen LogP contribution in [0.15, 0.2) is 22.7 Å². The van der Waals surface area contributed by atoms with Crippen molar-refractivity contribution in [3.8, 4) is 0 Å². The van der Waals surface area contributed by atoms with Crippen LogP contribution in [0.1, 0.15) is 19.4 Å². The van der Waals surface area contributed by atoms with Gasteiger partial charge in [-0.05, 0) is 37.7 Å². The summed E-state index contributed by atoms with van der Waals surface area (Å²) in [5.41, 5.74) is 2.25. The van der Waals surface area contributed by atoms with Crippen LogP contribution in [-0.4, -0.2) is 42.3 Å². The molecule has 1 rings (SSSR count). The molecule has 0 aliphatic rings. The second kappa shape index (κ2) is 7.77. The van der Waals surface area contributed by atoms with Crippen LogP contribution in [0.3, 0.4) is 0 Å². The zero-order valence-corrected chi connectivity index (χ0v) is 13.0. The van der Waals surface area contributed by atoms with Gasteiger partial charge < -0.3 is 15.3 Å². The Bertz CT molecular complexity index is 367. The molecule has 3 nitrogen and oxygen atoms in total. The van der Waals surface area contributed by atoms with E-state index in [1.54, 1.807) is 0 Å². The lowest BCUT2D eigenvalue weighted by Gasteiger charge is -2.22. The van der Waals surface area contributed by atoms with E-state index >= 15 is 0 Å². The van der Waals surface area contributed by atoms with Gasteiger partial charge in [0.25, 0.3) is 0 Å². The average Bonchev–Trinajstić information content (AvgIpc) is 2.37. The number of nitrogens with one attached hydrogen (secondary N) is 1. The van der Waals surface area contributed by atoms with Crippen molar-refractivity contribution in [1.29, 1.82) is 0 Å².